The molecular weight excluding hydrogens is 253 g/mol. The van der Waals surface area contributed by atoms with Crippen LogP contribution in [0.4, 0.5) is 18.0 Å². The Morgan fingerprint density at radius 3 is 2.44 bits per heavy atom. The Morgan fingerprint density at radius 2 is 2.06 bits per heavy atom. The van der Waals surface area contributed by atoms with Crippen molar-refractivity contribution < 1.29 is 27.9 Å². The van der Waals surface area contributed by atoms with E-state index in [1.807, 2.05) is 0 Å². The summed E-state index contributed by atoms with van der Waals surface area (Å²) in [6.45, 7) is 0.381. The van der Waals surface area contributed by atoms with Crippen LogP contribution in [0.15, 0.2) is 0 Å². The van der Waals surface area contributed by atoms with Crippen molar-refractivity contribution in [1.82, 2.24) is 10.2 Å². The molecule has 0 radical (unpaired) electrons. The molecule has 1 fully saturated rings. The maximum absolute atomic E-state index is 11.9. The number of carboxylic acid groups (broad SMARTS) is 1. The number of hydrogen-bond donors (Lipinski definition) is 2. The lowest BCUT2D eigenvalue weighted by atomic mass is 9.84. The minimum Gasteiger partial charge on any atom is -0.481 e. The highest BCUT2D eigenvalue weighted by Gasteiger charge is 2.45. The molecule has 0 saturated carbocycles. The lowest BCUT2D eigenvalue weighted by molar-refractivity contribution is -0.148. The highest BCUT2D eigenvalue weighted by Crippen LogP contribution is 2.34. The van der Waals surface area contributed by atoms with Crippen molar-refractivity contribution in [2.24, 2.45) is 5.41 Å². The van der Waals surface area contributed by atoms with Crippen LogP contribution in [0.1, 0.15) is 19.8 Å². The van der Waals surface area contributed by atoms with E-state index in [1.54, 1.807) is 12.2 Å². The van der Waals surface area contributed by atoms with Crippen LogP contribution in [0, 0.1) is 5.41 Å². The standard InChI is InChI=1S/C10H15F3N2O3/c1-2-9(7(16)17)3-4-15(6-9)8(18)14-5-10(11,12)13/h2-6H2,1H3,(H,14,18)(H,16,17). The van der Waals surface area contributed by atoms with E-state index in [0.29, 0.717) is 6.42 Å². The van der Waals surface area contributed by atoms with Gasteiger partial charge in [-0.05, 0) is 12.8 Å². The van der Waals surface area contributed by atoms with Crippen molar-refractivity contribution in [3.8, 4) is 0 Å². The van der Waals surface area contributed by atoms with Gasteiger partial charge in [-0.1, -0.05) is 6.92 Å². The quantitative estimate of drug-likeness (QED) is 0.813. The summed E-state index contributed by atoms with van der Waals surface area (Å²) in [4.78, 5) is 23.7. The van der Waals surface area contributed by atoms with E-state index in [1.165, 1.54) is 0 Å². The summed E-state index contributed by atoms with van der Waals surface area (Å²) in [6, 6.07) is -0.871. The van der Waals surface area contributed by atoms with Gasteiger partial charge in [0.25, 0.3) is 0 Å². The molecule has 0 spiro atoms. The van der Waals surface area contributed by atoms with Gasteiger partial charge in [0.05, 0.1) is 5.41 Å². The van der Waals surface area contributed by atoms with Crippen LogP contribution < -0.4 is 5.32 Å². The number of amides is 2. The van der Waals surface area contributed by atoms with E-state index < -0.39 is 30.1 Å². The normalized spacial score (nSPS) is 24.1. The fourth-order valence-electron chi connectivity index (χ4n) is 1.95. The minimum atomic E-state index is -4.47. The Balaban J connectivity index is 2.56. The number of carboxylic acids is 1. The second-order valence-electron chi connectivity index (χ2n) is 4.38. The fraction of sp³-hybridized carbons (Fsp3) is 0.800. The van der Waals surface area contributed by atoms with Gasteiger partial charge in [0.2, 0.25) is 0 Å². The first kappa shape index (κ1) is 14.6. The number of carbonyl (C=O) groups excluding carboxylic acids is 1. The van der Waals surface area contributed by atoms with Gasteiger partial charge >= 0.3 is 18.2 Å². The van der Waals surface area contributed by atoms with Crippen molar-refractivity contribution >= 4 is 12.0 Å². The van der Waals surface area contributed by atoms with E-state index in [0.717, 1.165) is 4.90 Å². The topological polar surface area (TPSA) is 69.6 Å². The van der Waals surface area contributed by atoms with Gasteiger partial charge in [-0.15, -0.1) is 0 Å². The molecule has 104 valence electrons. The maximum atomic E-state index is 11.9. The Hall–Kier alpha value is -1.47. The molecule has 18 heavy (non-hydrogen) atoms. The Labute approximate surface area is 102 Å². The molecule has 1 unspecified atom stereocenters. The first-order valence-corrected chi connectivity index (χ1v) is 5.53. The van der Waals surface area contributed by atoms with Crippen LogP contribution in [0.5, 0.6) is 0 Å². The van der Waals surface area contributed by atoms with Gasteiger partial charge in [-0.25, -0.2) is 4.79 Å². The largest absolute Gasteiger partial charge is 0.481 e. The zero-order valence-corrected chi connectivity index (χ0v) is 9.88. The number of alkyl halides is 3. The first-order chi connectivity index (χ1) is 8.20. The predicted octanol–water partition coefficient (Wildman–Crippen LogP) is 1.44. The third-order valence-electron chi connectivity index (χ3n) is 3.21. The zero-order chi connectivity index (χ0) is 14.0. The molecular formula is C10H15F3N2O3. The number of urea groups is 1. The summed E-state index contributed by atoms with van der Waals surface area (Å²) in [5.41, 5.74) is -1.03. The Bertz CT molecular complexity index is 346. The molecule has 1 aliphatic rings. The zero-order valence-electron chi connectivity index (χ0n) is 9.88. The van der Waals surface area contributed by atoms with Gasteiger partial charge < -0.3 is 15.3 Å². The van der Waals surface area contributed by atoms with Gasteiger partial charge in [-0.3, -0.25) is 4.79 Å². The smallest absolute Gasteiger partial charge is 0.405 e. The third kappa shape index (κ3) is 3.27. The molecule has 1 atom stereocenters. The predicted molar refractivity (Wildman–Crippen MR) is 56.0 cm³/mol. The highest BCUT2D eigenvalue weighted by molar-refractivity contribution is 5.79. The van der Waals surface area contributed by atoms with Crippen molar-refractivity contribution in [3.63, 3.8) is 0 Å². The van der Waals surface area contributed by atoms with Gasteiger partial charge in [0, 0.05) is 13.1 Å². The number of carbonyl (C=O) groups is 2. The molecule has 2 amide bonds. The highest BCUT2D eigenvalue weighted by atomic mass is 19.4. The van der Waals surface area contributed by atoms with Crippen molar-refractivity contribution in [1.29, 1.82) is 0 Å². The number of hydrogen-bond acceptors (Lipinski definition) is 2. The van der Waals surface area contributed by atoms with Crippen molar-refractivity contribution in [2.45, 2.75) is 25.9 Å². The maximum Gasteiger partial charge on any atom is 0.405 e. The van der Waals surface area contributed by atoms with E-state index in [4.69, 9.17) is 5.11 Å². The first-order valence-electron chi connectivity index (χ1n) is 5.53. The summed E-state index contributed by atoms with van der Waals surface area (Å²) >= 11 is 0. The minimum absolute atomic E-state index is 0.0531. The average Bonchev–Trinajstić information content (AvgIpc) is 2.70. The second kappa shape index (κ2) is 5.03. The fourth-order valence-corrected chi connectivity index (χ4v) is 1.95. The van der Waals surface area contributed by atoms with Gasteiger partial charge in [-0.2, -0.15) is 13.2 Å². The van der Waals surface area contributed by atoms with E-state index in [-0.39, 0.29) is 19.5 Å². The SMILES string of the molecule is CCC1(C(=O)O)CCN(C(=O)NCC(F)(F)F)C1. The molecule has 1 rings (SSSR count). The number of aliphatic carboxylic acids is 1. The molecule has 1 saturated heterocycles. The van der Waals surface area contributed by atoms with E-state index in [2.05, 4.69) is 0 Å². The van der Waals surface area contributed by atoms with Crippen LogP contribution in [0.3, 0.4) is 0 Å². The van der Waals surface area contributed by atoms with E-state index in [9.17, 15) is 22.8 Å². The van der Waals surface area contributed by atoms with E-state index >= 15 is 0 Å². The molecule has 8 heteroatoms. The molecule has 5 nitrogen and oxygen atoms in total. The number of likely N-dealkylation sites (tertiary alicyclic amines) is 1. The van der Waals surface area contributed by atoms with Gasteiger partial charge in [0.15, 0.2) is 0 Å². The second-order valence-corrected chi connectivity index (χ2v) is 4.38. The molecule has 0 aromatic carbocycles. The van der Waals surface area contributed by atoms with Crippen LogP contribution in [0.25, 0.3) is 0 Å². The third-order valence-corrected chi connectivity index (χ3v) is 3.21. The molecule has 0 aromatic rings. The molecule has 0 bridgehead atoms. The summed E-state index contributed by atoms with van der Waals surface area (Å²) < 4.78 is 35.8. The van der Waals surface area contributed by atoms with Gasteiger partial charge in [0.1, 0.15) is 6.54 Å². The monoisotopic (exact) mass is 268 g/mol. The number of halogens is 3. The summed E-state index contributed by atoms with van der Waals surface area (Å²) in [6.07, 6.45) is -3.87. The number of nitrogens with zero attached hydrogens (tertiary/aromatic N) is 1. The Kier molecular flexibility index (Phi) is 4.08. The molecule has 1 aliphatic heterocycles. The van der Waals surface area contributed by atoms with Crippen LogP contribution >= 0.6 is 0 Å². The molecule has 0 aromatic heterocycles. The van der Waals surface area contributed by atoms with Crippen LogP contribution in [-0.2, 0) is 4.79 Å². The average molecular weight is 268 g/mol. The number of nitrogens with one attached hydrogen (secondary N) is 1. The van der Waals surface area contributed by atoms with Crippen molar-refractivity contribution in [3.05, 3.63) is 0 Å². The summed E-state index contributed by atoms with van der Waals surface area (Å²) in [7, 11) is 0. The lowest BCUT2D eigenvalue weighted by Gasteiger charge is -2.23. The van der Waals surface area contributed by atoms with Crippen molar-refractivity contribution in [2.75, 3.05) is 19.6 Å². The molecule has 0 aliphatic carbocycles. The molecule has 1 heterocycles. The molecule has 2 N–H and O–H groups in total. The number of rotatable bonds is 3. The lowest BCUT2D eigenvalue weighted by Crippen LogP contribution is -2.44. The Morgan fingerprint density at radius 1 is 1.44 bits per heavy atom. The van der Waals surface area contributed by atoms with Crippen LogP contribution in [-0.4, -0.2) is 47.8 Å². The summed E-state index contributed by atoms with van der Waals surface area (Å²) in [5.74, 6) is -1.02. The summed E-state index contributed by atoms with van der Waals surface area (Å²) in [5, 5.41) is 10.8. The van der Waals surface area contributed by atoms with Crippen LogP contribution in [0.2, 0.25) is 0 Å².